The van der Waals surface area contributed by atoms with E-state index in [9.17, 15) is 4.79 Å². The Hall–Kier alpha value is -1.76. The van der Waals surface area contributed by atoms with Gasteiger partial charge in [-0.3, -0.25) is 4.90 Å². The second-order valence-electron chi connectivity index (χ2n) is 6.44. The van der Waals surface area contributed by atoms with E-state index in [2.05, 4.69) is 10.4 Å². The lowest BCUT2D eigenvalue weighted by atomic mass is 9.99. The summed E-state index contributed by atoms with van der Waals surface area (Å²) in [6.45, 7) is 7.81. The van der Waals surface area contributed by atoms with Crippen molar-refractivity contribution in [2.75, 3.05) is 18.8 Å². The number of nitrogens with two attached hydrogens (primary N) is 1. The molecule has 1 fully saturated rings. The van der Waals surface area contributed by atoms with Gasteiger partial charge in [-0.1, -0.05) is 0 Å². The number of nitrogens with one attached hydrogen (secondary N) is 1. The van der Waals surface area contributed by atoms with Crippen molar-refractivity contribution in [3.05, 3.63) is 6.20 Å². The quantitative estimate of drug-likeness (QED) is 0.860. The van der Waals surface area contributed by atoms with Crippen LogP contribution in [0.25, 0.3) is 0 Å². The van der Waals surface area contributed by atoms with Gasteiger partial charge in [-0.15, -0.1) is 0 Å². The summed E-state index contributed by atoms with van der Waals surface area (Å²) in [6.07, 6.45) is 3.12. The van der Waals surface area contributed by atoms with Gasteiger partial charge in [-0.05, 0) is 40.2 Å². The Labute approximate surface area is 125 Å². The van der Waals surface area contributed by atoms with Crippen molar-refractivity contribution in [2.45, 2.75) is 45.2 Å². The highest BCUT2D eigenvalue weighted by Crippen LogP contribution is 2.25. The molecule has 1 saturated heterocycles. The van der Waals surface area contributed by atoms with E-state index in [0.717, 1.165) is 25.9 Å². The Balaban J connectivity index is 2.18. The third kappa shape index (κ3) is 3.47. The van der Waals surface area contributed by atoms with Gasteiger partial charge in [0.25, 0.3) is 0 Å². The van der Waals surface area contributed by atoms with Crippen molar-refractivity contribution < 1.29 is 9.53 Å². The molecule has 1 aliphatic heterocycles. The van der Waals surface area contributed by atoms with Gasteiger partial charge in [0, 0.05) is 25.2 Å². The standard InChI is InChI=1S/C14H25N5O2/c1-14(2,3)19(10-6-5-7-16-8-10)13(20)21-12-11(15)9-17-18(12)4/h9-10,16H,5-8,15H2,1-4H3/t10-/m0/s1. The lowest BCUT2D eigenvalue weighted by molar-refractivity contribution is 0.0647. The van der Waals surface area contributed by atoms with Crippen molar-refractivity contribution in [3.8, 4) is 5.88 Å². The number of hydrogen-bond donors (Lipinski definition) is 2. The topological polar surface area (TPSA) is 85.4 Å². The van der Waals surface area contributed by atoms with Crippen LogP contribution in [-0.4, -0.2) is 45.4 Å². The molecule has 7 heteroatoms. The van der Waals surface area contributed by atoms with Crippen LogP contribution in [0.4, 0.5) is 10.5 Å². The number of rotatable bonds is 2. The molecule has 118 valence electrons. The first kappa shape index (κ1) is 15.6. The molecule has 0 aliphatic carbocycles. The van der Waals surface area contributed by atoms with Gasteiger partial charge < -0.3 is 15.8 Å². The predicted molar refractivity (Wildman–Crippen MR) is 81.1 cm³/mol. The summed E-state index contributed by atoms with van der Waals surface area (Å²) in [5.74, 6) is 0.290. The van der Waals surface area contributed by atoms with Crippen LogP contribution in [0.1, 0.15) is 33.6 Å². The van der Waals surface area contributed by atoms with Gasteiger partial charge in [0.15, 0.2) is 0 Å². The van der Waals surface area contributed by atoms with Crippen molar-refractivity contribution >= 4 is 11.8 Å². The first-order valence-corrected chi connectivity index (χ1v) is 7.30. The fraction of sp³-hybridized carbons (Fsp3) is 0.714. The molecule has 0 radical (unpaired) electrons. The number of anilines is 1. The van der Waals surface area contributed by atoms with Crippen LogP contribution in [-0.2, 0) is 7.05 Å². The molecule has 7 nitrogen and oxygen atoms in total. The number of hydrogen-bond acceptors (Lipinski definition) is 5. The van der Waals surface area contributed by atoms with E-state index < -0.39 is 0 Å². The number of aromatic nitrogens is 2. The molecule has 0 saturated carbocycles. The van der Waals surface area contributed by atoms with E-state index in [0.29, 0.717) is 5.69 Å². The number of carbonyl (C=O) groups excluding carboxylic acids is 1. The van der Waals surface area contributed by atoms with Gasteiger partial charge in [0.2, 0.25) is 5.88 Å². The molecule has 2 heterocycles. The van der Waals surface area contributed by atoms with E-state index >= 15 is 0 Å². The second-order valence-corrected chi connectivity index (χ2v) is 6.44. The van der Waals surface area contributed by atoms with Crippen LogP contribution < -0.4 is 15.8 Å². The molecule has 0 bridgehead atoms. The first-order valence-electron chi connectivity index (χ1n) is 7.30. The van der Waals surface area contributed by atoms with Crippen LogP contribution in [0.15, 0.2) is 6.20 Å². The van der Waals surface area contributed by atoms with Crippen LogP contribution in [0.2, 0.25) is 0 Å². The first-order chi connectivity index (χ1) is 9.80. The van der Waals surface area contributed by atoms with Crippen molar-refractivity contribution in [3.63, 3.8) is 0 Å². The molecular formula is C14H25N5O2. The number of piperidine rings is 1. The van der Waals surface area contributed by atoms with Gasteiger partial charge in [-0.25, -0.2) is 9.48 Å². The molecule has 3 N–H and O–H groups in total. The highest BCUT2D eigenvalue weighted by Gasteiger charge is 2.36. The molecule has 1 amide bonds. The smallest absolute Gasteiger partial charge is 0.393 e. The zero-order chi connectivity index (χ0) is 15.6. The van der Waals surface area contributed by atoms with Gasteiger partial charge >= 0.3 is 6.09 Å². The van der Waals surface area contributed by atoms with Crippen LogP contribution in [0.3, 0.4) is 0 Å². The Bertz CT molecular complexity index is 480. The van der Waals surface area contributed by atoms with Crippen molar-refractivity contribution in [1.82, 2.24) is 20.0 Å². The molecule has 2 rings (SSSR count). The van der Waals surface area contributed by atoms with E-state index in [1.54, 1.807) is 11.9 Å². The number of aryl methyl sites for hydroxylation is 1. The number of amides is 1. The summed E-state index contributed by atoms with van der Waals surface area (Å²) in [5, 5.41) is 7.32. The molecule has 0 aromatic carbocycles. The van der Waals surface area contributed by atoms with E-state index in [-0.39, 0.29) is 23.6 Å². The molecule has 1 atom stereocenters. The minimum atomic E-state index is -0.383. The van der Waals surface area contributed by atoms with Crippen molar-refractivity contribution in [1.29, 1.82) is 0 Å². The highest BCUT2D eigenvalue weighted by molar-refractivity contribution is 5.73. The van der Waals surface area contributed by atoms with Crippen LogP contribution in [0, 0.1) is 0 Å². The molecule has 1 aromatic rings. The Morgan fingerprint density at radius 1 is 1.57 bits per heavy atom. The molecule has 0 unspecified atom stereocenters. The van der Waals surface area contributed by atoms with Crippen LogP contribution >= 0.6 is 0 Å². The van der Waals surface area contributed by atoms with E-state index in [4.69, 9.17) is 10.5 Å². The number of nitrogens with zero attached hydrogens (tertiary/aromatic N) is 3. The number of carbonyl (C=O) groups is 1. The fourth-order valence-electron chi connectivity index (χ4n) is 2.72. The highest BCUT2D eigenvalue weighted by atomic mass is 16.6. The minimum absolute atomic E-state index is 0.126. The normalized spacial score (nSPS) is 19.3. The van der Waals surface area contributed by atoms with Crippen LogP contribution in [0.5, 0.6) is 5.88 Å². The average Bonchev–Trinajstić information content (AvgIpc) is 2.70. The van der Waals surface area contributed by atoms with Gasteiger partial charge in [-0.2, -0.15) is 5.10 Å². The third-order valence-corrected chi connectivity index (χ3v) is 3.65. The SMILES string of the molecule is Cn1ncc(N)c1OC(=O)N([C@H]1CCCNC1)C(C)(C)C. The Kier molecular flexibility index (Phi) is 4.41. The van der Waals surface area contributed by atoms with Gasteiger partial charge in [0.05, 0.1) is 6.20 Å². The number of ether oxygens (including phenoxy) is 1. The zero-order valence-electron chi connectivity index (χ0n) is 13.2. The Morgan fingerprint density at radius 3 is 2.76 bits per heavy atom. The monoisotopic (exact) mass is 295 g/mol. The molecule has 21 heavy (non-hydrogen) atoms. The van der Waals surface area contributed by atoms with Crippen molar-refractivity contribution in [2.24, 2.45) is 7.05 Å². The summed E-state index contributed by atoms with van der Waals surface area (Å²) in [7, 11) is 1.70. The lowest BCUT2D eigenvalue weighted by Gasteiger charge is -2.42. The summed E-state index contributed by atoms with van der Waals surface area (Å²) in [6, 6.07) is 0.126. The summed E-state index contributed by atoms with van der Waals surface area (Å²) in [5.41, 5.74) is 5.82. The van der Waals surface area contributed by atoms with E-state index in [1.807, 2.05) is 20.8 Å². The molecular weight excluding hydrogens is 270 g/mol. The largest absolute Gasteiger partial charge is 0.417 e. The van der Waals surface area contributed by atoms with E-state index in [1.165, 1.54) is 10.9 Å². The maximum atomic E-state index is 12.6. The predicted octanol–water partition coefficient (Wildman–Crippen LogP) is 1.35. The molecule has 1 aromatic heterocycles. The maximum Gasteiger partial charge on any atom is 0.417 e. The van der Waals surface area contributed by atoms with Gasteiger partial charge in [0.1, 0.15) is 5.69 Å². The molecule has 1 aliphatic rings. The summed E-state index contributed by atoms with van der Waals surface area (Å²) in [4.78, 5) is 14.4. The molecule has 0 spiro atoms. The zero-order valence-corrected chi connectivity index (χ0v) is 13.2. The maximum absolute atomic E-state index is 12.6. The summed E-state index contributed by atoms with van der Waals surface area (Å²) < 4.78 is 6.96. The minimum Gasteiger partial charge on any atom is -0.393 e. The number of nitrogen functional groups attached to an aromatic ring is 1. The fourth-order valence-corrected chi connectivity index (χ4v) is 2.72. The summed E-state index contributed by atoms with van der Waals surface area (Å²) >= 11 is 0. The third-order valence-electron chi connectivity index (χ3n) is 3.65. The second kappa shape index (κ2) is 5.93. The lowest BCUT2D eigenvalue weighted by Crippen LogP contribution is -2.57. The average molecular weight is 295 g/mol. The Morgan fingerprint density at radius 2 is 2.29 bits per heavy atom.